The second kappa shape index (κ2) is 10.2. The largest absolute Gasteiger partial charge is 0.493 e. The Morgan fingerprint density at radius 2 is 1.73 bits per heavy atom. The number of halogens is 1. The fraction of sp³-hybridized carbons (Fsp3) is 0.222. The van der Waals surface area contributed by atoms with Gasteiger partial charge in [0, 0.05) is 12.6 Å². The average molecular weight is 448 g/mol. The van der Waals surface area contributed by atoms with Crippen LogP contribution in [0, 0.1) is 5.82 Å². The third-order valence-electron chi connectivity index (χ3n) is 5.73. The van der Waals surface area contributed by atoms with Crippen molar-refractivity contribution < 1.29 is 23.4 Å². The topological polar surface area (TPSA) is 48.0 Å². The van der Waals surface area contributed by atoms with Gasteiger partial charge < -0.3 is 19.1 Å². The molecule has 0 aliphatic carbocycles. The molecule has 3 aromatic rings. The van der Waals surface area contributed by atoms with E-state index < -0.39 is 0 Å². The molecule has 3 aromatic carbocycles. The van der Waals surface area contributed by atoms with E-state index in [1.54, 1.807) is 37.3 Å². The highest BCUT2D eigenvalue weighted by Gasteiger charge is 2.32. The van der Waals surface area contributed by atoms with Crippen LogP contribution >= 0.6 is 0 Å². The average Bonchev–Trinajstić information content (AvgIpc) is 2.86. The summed E-state index contributed by atoms with van der Waals surface area (Å²) in [6, 6.07) is 19.1. The first-order valence-electron chi connectivity index (χ1n) is 10.8. The monoisotopic (exact) mass is 447 g/mol. The van der Waals surface area contributed by atoms with Crippen LogP contribution in [0.4, 0.5) is 4.39 Å². The predicted molar refractivity (Wildman–Crippen MR) is 125 cm³/mol. The molecule has 1 amide bonds. The first-order valence-corrected chi connectivity index (χ1v) is 10.8. The molecule has 170 valence electrons. The van der Waals surface area contributed by atoms with E-state index in [1.807, 2.05) is 48.5 Å². The van der Waals surface area contributed by atoms with Crippen LogP contribution in [0.25, 0.3) is 6.08 Å². The molecular weight excluding hydrogens is 421 g/mol. The van der Waals surface area contributed by atoms with Crippen LogP contribution in [0.15, 0.2) is 72.8 Å². The van der Waals surface area contributed by atoms with E-state index >= 15 is 0 Å². The summed E-state index contributed by atoms with van der Waals surface area (Å²) in [7, 11) is 3.19. The number of methoxy groups -OCH3 is 2. The highest BCUT2D eigenvalue weighted by molar-refractivity contribution is 5.92. The first-order chi connectivity index (χ1) is 16.1. The lowest BCUT2D eigenvalue weighted by atomic mass is 9.92. The maximum absolute atomic E-state index is 13.3. The fourth-order valence-electron chi connectivity index (χ4n) is 4.01. The predicted octanol–water partition coefficient (Wildman–Crippen LogP) is 5.06. The summed E-state index contributed by atoms with van der Waals surface area (Å²) < 4.78 is 30.2. The van der Waals surface area contributed by atoms with E-state index in [2.05, 4.69) is 0 Å². The molecule has 0 spiro atoms. The number of benzene rings is 3. The molecule has 6 heteroatoms. The Labute approximate surface area is 193 Å². The lowest BCUT2D eigenvalue weighted by Gasteiger charge is -2.37. The Bertz CT molecular complexity index is 1130. The van der Waals surface area contributed by atoms with Gasteiger partial charge in [-0.3, -0.25) is 4.79 Å². The van der Waals surface area contributed by atoms with Gasteiger partial charge in [0.25, 0.3) is 0 Å². The van der Waals surface area contributed by atoms with Crippen molar-refractivity contribution >= 4 is 12.0 Å². The molecule has 0 saturated heterocycles. The molecule has 0 bridgehead atoms. The smallest absolute Gasteiger partial charge is 0.247 e. The van der Waals surface area contributed by atoms with Crippen LogP contribution in [0.3, 0.4) is 0 Å². The summed E-state index contributed by atoms with van der Waals surface area (Å²) in [5, 5.41) is 0. The van der Waals surface area contributed by atoms with E-state index in [9.17, 15) is 9.18 Å². The van der Waals surface area contributed by atoms with Gasteiger partial charge in [-0.15, -0.1) is 0 Å². The number of rotatable bonds is 7. The van der Waals surface area contributed by atoms with Gasteiger partial charge in [0.05, 0.1) is 20.3 Å². The molecule has 1 aliphatic rings. The molecule has 1 heterocycles. The number of carbonyl (C=O) groups is 1. The zero-order valence-corrected chi connectivity index (χ0v) is 18.7. The number of carbonyl (C=O) groups excluding carboxylic acids is 1. The Hall–Kier alpha value is -3.80. The molecule has 0 saturated carbocycles. The molecule has 33 heavy (non-hydrogen) atoms. The van der Waals surface area contributed by atoms with Gasteiger partial charge >= 0.3 is 0 Å². The van der Waals surface area contributed by atoms with Gasteiger partial charge in [-0.25, -0.2) is 4.39 Å². The molecule has 4 rings (SSSR count). The van der Waals surface area contributed by atoms with E-state index in [1.165, 1.54) is 12.1 Å². The number of hydrogen-bond acceptors (Lipinski definition) is 4. The Morgan fingerprint density at radius 3 is 2.42 bits per heavy atom. The van der Waals surface area contributed by atoms with Crippen LogP contribution in [0.1, 0.15) is 22.7 Å². The highest BCUT2D eigenvalue weighted by atomic mass is 19.1. The van der Waals surface area contributed by atoms with Gasteiger partial charge in [-0.1, -0.05) is 30.3 Å². The van der Waals surface area contributed by atoms with Crippen LogP contribution in [-0.4, -0.2) is 38.2 Å². The van der Waals surface area contributed by atoms with Gasteiger partial charge in [-0.05, 0) is 65.6 Å². The zero-order valence-electron chi connectivity index (χ0n) is 18.7. The molecular formula is C27H26FNO4. The molecule has 0 fully saturated rings. The minimum atomic E-state index is -0.341. The van der Waals surface area contributed by atoms with Crippen molar-refractivity contribution in [2.45, 2.75) is 12.5 Å². The summed E-state index contributed by atoms with van der Waals surface area (Å²) in [6.07, 6.45) is 4.09. The van der Waals surface area contributed by atoms with Crippen molar-refractivity contribution in [3.05, 3.63) is 95.3 Å². The summed E-state index contributed by atoms with van der Waals surface area (Å²) in [5.41, 5.74) is 2.98. The van der Waals surface area contributed by atoms with Crippen LogP contribution in [0.2, 0.25) is 0 Å². The molecule has 1 aliphatic heterocycles. The van der Waals surface area contributed by atoms with Gasteiger partial charge in [0.15, 0.2) is 11.5 Å². The number of amides is 1. The molecule has 0 radical (unpaired) electrons. The lowest BCUT2D eigenvalue weighted by Crippen LogP contribution is -2.41. The minimum Gasteiger partial charge on any atom is -0.493 e. The van der Waals surface area contributed by atoms with Gasteiger partial charge in [0.2, 0.25) is 5.91 Å². The van der Waals surface area contributed by atoms with Crippen LogP contribution in [0.5, 0.6) is 17.2 Å². The third kappa shape index (κ3) is 5.17. The lowest BCUT2D eigenvalue weighted by molar-refractivity contribution is -0.129. The normalized spacial score (nSPS) is 15.2. The standard InChI is InChI=1S/C27H26FNO4/c1-31-25-16-20-14-15-29(27(30)13-8-19-6-4-3-5-7-19)24(23(20)17-26(25)32-2)18-33-22-11-9-21(28)10-12-22/h3-13,16-17,24H,14-15,18H2,1-2H3/b13-8+/t24-/m1/s1. The fourth-order valence-corrected chi connectivity index (χ4v) is 4.01. The highest BCUT2D eigenvalue weighted by Crippen LogP contribution is 2.38. The number of nitrogens with zero attached hydrogens (tertiary/aromatic N) is 1. The molecule has 0 unspecified atom stereocenters. The maximum atomic E-state index is 13.3. The summed E-state index contributed by atoms with van der Waals surface area (Å²) in [4.78, 5) is 15.0. The van der Waals surface area contributed by atoms with Crippen molar-refractivity contribution in [2.75, 3.05) is 27.4 Å². The van der Waals surface area contributed by atoms with Crippen molar-refractivity contribution in [3.63, 3.8) is 0 Å². The zero-order chi connectivity index (χ0) is 23.2. The maximum Gasteiger partial charge on any atom is 0.247 e. The van der Waals surface area contributed by atoms with Gasteiger partial charge in [-0.2, -0.15) is 0 Å². The summed E-state index contributed by atoms with van der Waals surface area (Å²) in [5.74, 6) is 1.35. The van der Waals surface area contributed by atoms with Gasteiger partial charge in [0.1, 0.15) is 18.2 Å². The molecule has 1 atom stereocenters. The van der Waals surface area contributed by atoms with Crippen LogP contribution < -0.4 is 14.2 Å². The van der Waals surface area contributed by atoms with E-state index in [0.29, 0.717) is 30.2 Å². The van der Waals surface area contributed by atoms with E-state index in [-0.39, 0.29) is 24.4 Å². The number of hydrogen-bond donors (Lipinski definition) is 0. The Morgan fingerprint density at radius 1 is 1.03 bits per heavy atom. The Kier molecular flexibility index (Phi) is 6.93. The number of fused-ring (bicyclic) bond motifs is 1. The SMILES string of the molecule is COc1cc2c(cc1OC)[C@@H](COc1ccc(F)cc1)N(C(=O)/C=C/c1ccccc1)CC2. The first kappa shape index (κ1) is 22.4. The van der Waals surface area contributed by atoms with Crippen LogP contribution in [-0.2, 0) is 11.2 Å². The Balaban J connectivity index is 1.64. The minimum absolute atomic E-state index is 0.105. The number of ether oxygens (including phenoxy) is 3. The van der Waals surface area contributed by atoms with Crippen molar-refractivity contribution in [2.24, 2.45) is 0 Å². The van der Waals surface area contributed by atoms with E-state index in [0.717, 1.165) is 16.7 Å². The molecule has 5 nitrogen and oxygen atoms in total. The van der Waals surface area contributed by atoms with Crippen molar-refractivity contribution in [1.82, 2.24) is 4.90 Å². The van der Waals surface area contributed by atoms with E-state index in [4.69, 9.17) is 14.2 Å². The molecule has 0 aromatic heterocycles. The van der Waals surface area contributed by atoms with Crippen molar-refractivity contribution in [3.8, 4) is 17.2 Å². The second-order valence-electron chi connectivity index (χ2n) is 7.71. The van der Waals surface area contributed by atoms with Crippen molar-refractivity contribution in [1.29, 1.82) is 0 Å². The third-order valence-corrected chi connectivity index (χ3v) is 5.73. The molecule has 0 N–H and O–H groups in total. The summed E-state index contributed by atoms with van der Waals surface area (Å²) >= 11 is 0. The quantitative estimate of drug-likeness (QED) is 0.475. The second-order valence-corrected chi connectivity index (χ2v) is 7.71. The summed E-state index contributed by atoms with van der Waals surface area (Å²) in [6.45, 7) is 0.761.